The van der Waals surface area contributed by atoms with Crippen molar-refractivity contribution in [2.45, 2.75) is 46.1 Å². The monoisotopic (exact) mass is 462 g/mol. The molecule has 0 aromatic heterocycles. The average Bonchev–Trinajstić information content (AvgIpc) is 3.01. The predicted molar refractivity (Wildman–Crippen MR) is 121 cm³/mol. The van der Waals surface area contributed by atoms with E-state index in [9.17, 15) is 9.59 Å². The summed E-state index contributed by atoms with van der Waals surface area (Å²) in [4.78, 5) is 37.7. The van der Waals surface area contributed by atoms with Crippen molar-refractivity contribution in [1.29, 1.82) is 0 Å². The molecule has 9 heteroatoms. The maximum Gasteiger partial charge on any atom is 0.513 e. The number of rotatable bonds is 8. The minimum absolute atomic E-state index is 0.163. The Labute approximate surface area is 195 Å². The van der Waals surface area contributed by atoms with Gasteiger partial charge >= 0.3 is 6.16 Å². The lowest BCUT2D eigenvalue weighted by Gasteiger charge is -2.43. The zero-order valence-electron chi connectivity index (χ0n) is 20.4. The third-order valence-corrected chi connectivity index (χ3v) is 6.53. The number of hydroxylamine groups is 4. The van der Waals surface area contributed by atoms with Gasteiger partial charge in [-0.15, -0.1) is 0 Å². The van der Waals surface area contributed by atoms with Crippen LogP contribution in [0.25, 0.3) is 5.57 Å². The summed E-state index contributed by atoms with van der Waals surface area (Å²) < 4.78 is 16.0. The molecule has 0 N–H and O–H groups in total. The van der Waals surface area contributed by atoms with Crippen LogP contribution in [-0.2, 0) is 28.7 Å². The molecule has 182 valence electrons. The van der Waals surface area contributed by atoms with Gasteiger partial charge in [0.15, 0.2) is 5.76 Å². The lowest BCUT2D eigenvalue weighted by molar-refractivity contribution is -0.235. The molecule has 33 heavy (non-hydrogen) atoms. The van der Waals surface area contributed by atoms with Crippen molar-refractivity contribution in [3.05, 3.63) is 40.1 Å². The molecule has 2 heterocycles. The van der Waals surface area contributed by atoms with Crippen LogP contribution in [0.1, 0.15) is 42.0 Å². The van der Waals surface area contributed by atoms with Gasteiger partial charge in [-0.1, -0.05) is 12.1 Å². The van der Waals surface area contributed by atoms with Crippen molar-refractivity contribution < 1.29 is 33.5 Å². The molecule has 1 saturated heterocycles. The van der Waals surface area contributed by atoms with Gasteiger partial charge in [0.1, 0.15) is 5.54 Å². The minimum Gasteiger partial charge on any atom is -0.434 e. The molecule has 1 aromatic carbocycles. The Balaban J connectivity index is 2.17. The van der Waals surface area contributed by atoms with Gasteiger partial charge in [-0.3, -0.25) is 9.63 Å². The predicted octanol–water partition coefficient (Wildman–Crippen LogP) is 3.31. The Morgan fingerprint density at radius 2 is 1.76 bits per heavy atom. The molecule has 1 spiro atoms. The van der Waals surface area contributed by atoms with Gasteiger partial charge in [-0.25, -0.2) is 9.86 Å². The Morgan fingerprint density at radius 3 is 2.36 bits per heavy atom. The van der Waals surface area contributed by atoms with Crippen molar-refractivity contribution in [2.24, 2.45) is 0 Å². The normalized spacial score (nSPS) is 18.4. The summed E-state index contributed by atoms with van der Waals surface area (Å²) >= 11 is 0. The summed E-state index contributed by atoms with van der Waals surface area (Å²) in [7, 11) is 3.18. The smallest absolute Gasteiger partial charge is 0.434 e. The second-order valence-electron chi connectivity index (χ2n) is 8.24. The standard InChI is InChI=1S/C24H34N2O7/c1-7-31-23(28)33-21-20(19-9-8-16(2)17(3)18(19)4)22(27)26(32-15-14-29-5)24(21)10-12-25(30-6)13-11-24/h8-9H,7,10-15H2,1-6H3. The highest BCUT2D eigenvalue weighted by Gasteiger charge is 2.57. The third kappa shape index (κ3) is 4.77. The summed E-state index contributed by atoms with van der Waals surface area (Å²) in [5.74, 6) is -0.0758. The first-order chi connectivity index (χ1) is 15.8. The van der Waals surface area contributed by atoms with E-state index in [1.807, 2.05) is 38.0 Å². The number of benzene rings is 1. The third-order valence-electron chi connectivity index (χ3n) is 6.53. The maximum atomic E-state index is 13.8. The van der Waals surface area contributed by atoms with E-state index in [2.05, 4.69) is 0 Å². The van der Waals surface area contributed by atoms with Gasteiger partial charge in [-0.05, 0) is 62.8 Å². The quantitative estimate of drug-likeness (QED) is 0.430. The molecule has 0 radical (unpaired) electrons. The molecule has 9 nitrogen and oxygen atoms in total. The van der Waals surface area contributed by atoms with Gasteiger partial charge in [0.05, 0.1) is 32.5 Å². The van der Waals surface area contributed by atoms with E-state index in [-0.39, 0.29) is 24.9 Å². The molecule has 0 atom stereocenters. The first kappa shape index (κ1) is 25.2. The van der Waals surface area contributed by atoms with Crippen molar-refractivity contribution >= 4 is 17.6 Å². The highest BCUT2D eigenvalue weighted by molar-refractivity contribution is 6.23. The van der Waals surface area contributed by atoms with E-state index in [4.69, 9.17) is 23.9 Å². The van der Waals surface area contributed by atoms with Crippen LogP contribution in [0.5, 0.6) is 0 Å². The fraction of sp³-hybridized carbons (Fsp3) is 0.583. The number of hydrogen-bond donors (Lipinski definition) is 0. The number of methoxy groups -OCH3 is 1. The molecule has 0 unspecified atom stereocenters. The van der Waals surface area contributed by atoms with Crippen molar-refractivity contribution in [3.63, 3.8) is 0 Å². The average molecular weight is 463 g/mol. The van der Waals surface area contributed by atoms with E-state index >= 15 is 0 Å². The number of amides is 1. The summed E-state index contributed by atoms with van der Waals surface area (Å²) in [6.07, 6.45) is 0.0789. The highest BCUT2D eigenvalue weighted by Crippen LogP contribution is 2.48. The van der Waals surface area contributed by atoms with E-state index in [0.29, 0.717) is 43.7 Å². The Hall–Kier alpha value is -2.46. The summed E-state index contributed by atoms with van der Waals surface area (Å²) in [6, 6.07) is 3.87. The summed E-state index contributed by atoms with van der Waals surface area (Å²) in [6.45, 7) is 9.43. The van der Waals surface area contributed by atoms with Crippen LogP contribution in [0.4, 0.5) is 4.79 Å². The minimum atomic E-state index is -0.965. The molecule has 1 aromatic rings. The SMILES string of the molecule is CCOC(=O)OC1=C(c2ccc(C)c(C)c2C)C(=O)N(OCCOC)C12CCN(OC)CC2. The molecule has 0 bridgehead atoms. The lowest BCUT2D eigenvalue weighted by atomic mass is 9.85. The van der Waals surface area contributed by atoms with E-state index in [0.717, 1.165) is 16.7 Å². The van der Waals surface area contributed by atoms with E-state index < -0.39 is 11.7 Å². The number of ether oxygens (including phenoxy) is 3. The molecule has 1 amide bonds. The Morgan fingerprint density at radius 1 is 1.06 bits per heavy atom. The van der Waals surface area contributed by atoms with Crippen LogP contribution in [0.15, 0.2) is 17.9 Å². The largest absolute Gasteiger partial charge is 0.513 e. The first-order valence-electron chi connectivity index (χ1n) is 11.2. The second kappa shape index (κ2) is 10.6. The van der Waals surface area contributed by atoms with Gasteiger partial charge in [0.2, 0.25) is 0 Å². The fourth-order valence-corrected chi connectivity index (χ4v) is 4.42. The first-order valence-corrected chi connectivity index (χ1v) is 11.2. The molecule has 0 saturated carbocycles. The van der Waals surface area contributed by atoms with Crippen LogP contribution in [0.3, 0.4) is 0 Å². The van der Waals surface area contributed by atoms with Crippen molar-refractivity contribution in [2.75, 3.05) is 47.1 Å². The van der Waals surface area contributed by atoms with Crippen molar-refractivity contribution in [3.8, 4) is 0 Å². The van der Waals surface area contributed by atoms with Crippen LogP contribution in [-0.4, -0.2) is 74.9 Å². The molecular weight excluding hydrogens is 428 g/mol. The number of aryl methyl sites for hydroxylation is 1. The number of hydrogen-bond acceptors (Lipinski definition) is 8. The Kier molecular flexibility index (Phi) is 8.12. The topological polar surface area (TPSA) is 86.8 Å². The molecular formula is C24H34N2O7. The van der Waals surface area contributed by atoms with E-state index in [1.165, 1.54) is 5.06 Å². The number of piperidine rings is 1. The zero-order valence-corrected chi connectivity index (χ0v) is 20.4. The van der Waals surface area contributed by atoms with Gasteiger partial charge in [0.25, 0.3) is 5.91 Å². The zero-order chi connectivity index (χ0) is 24.2. The van der Waals surface area contributed by atoms with Gasteiger partial charge in [-0.2, -0.15) is 5.06 Å². The lowest BCUT2D eigenvalue weighted by Crippen LogP contribution is -2.55. The van der Waals surface area contributed by atoms with Crippen molar-refractivity contribution in [1.82, 2.24) is 10.1 Å². The van der Waals surface area contributed by atoms with Gasteiger partial charge < -0.3 is 19.0 Å². The van der Waals surface area contributed by atoms with Crippen LogP contribution >= 0.6 is 0 Å². The summed E-state index contributed by atoms with van der Waals surface area (Å²) in [5.41, 5.74) is 3.22. The van der Waals surface area contributed by atoms with Gasteiger partial charge in [0, 0.05) is 20.2 Å². The summed E-state index contributed by atoms with van der Waals surface area (Å²) in [5, 5.41) is 3.18. The highest BCUT2D eigenvalue weighted by atomic mass is 16.7. The Bertz CT molecular complexity index is 920. The van der Waals surface area contributed by atoms with Crippen LogP contribution in [0, 0.1) is 20.8 Å². The van der Waals surface area contributed by atoms with Crippen LogP contribution < -0.4 is 0 Å². The number of carbonyl (C=O) groups is 2. The molecule has 0 aliphatic carbocycles. The number of carbonyl (C=O) groups excluding carboxylic acids is 2. The van der Waals surface area contributed by atoms with E-state index in [1.54, 1.807) is 21.1 Å². The van der Waals surface area contributed by atoms with Crippen LogP contribution in [0.2, 0.25) is 0 Å². The number of nitrogens with zero attached hydrogens (tertiary/aromatic N) is 2. The molecule has 1 fully saturated rings. The molecule has 3 rings (SSSR count). The second-order valence-corrected chi connectivity index (χ2v) is 8.24. The maximum absolute atomic E-state index is 13.8. The molecule has 2 aliphatic heterocycles. The molecule has 2 aliphatic rings. The fourth-order valence-electron chi connectivity index (χ4n) is 4.42.